The van der Waals surface area contributed by atoms with Crippen molar-refractivity contribution in [2.75, 3.05) is 20.0 Å². The Morgan fingerprint density at radius 3 is 1.57 bits per heavy atom. The van der Waals surface area contributed by atoms with Gasteiger partial charge in [-0.25, -0.2) is 9.97 Å². The van der Waals surface area contributed by atoms with Crippen molar-refractivity contribution < 1.29 is 9.47 Å². The van der Waals surface area contributed by atoms with E-state index >= 15 is 0 Å². The lowest BCUT2D eigenvalue weighted by Crippen LogP contribution is -2.06. The largest absolute Gasteiger partial charge is 0.497 e. The predicted molar refractivity (Wildman–Crippen MR) is 120 cm³/mol. The van der Waals surface area contributed by atoms with Crippen LogP contribution in [0.4, 0.5) is 5.95 Å². The molecule has 30 heavy (non-hydrogen) atoms. The highest BCUT2D eigenvalue weighted by molar-refractivity contribution is 5.76. The summed E-state index contributed by atoms with van der Waals surface area (Å²) in [4.78, 5) is 9.23. The van der Waals surface area contributed by atoms with Crippen molar-refractivity contribution in [3.63, 3.8) is 0 Å². The Morgan fingerprint density at radius 1 is 0.667 bits per heavy atom. The quantitative estimate of drug-likeness (QED) is 0.496. The van der Waals surface area contributed by atoms with E-state index in [0.29, 0.717) is 6.42 Å². The van der Waals surface area contributed by atoms with Crippen LogP contribution in [0, 0.1) is 0 Å². The minimum atomic E-state index is 0.239. The molecule has 1 heterocycles. The third-order valence-corrected chi connectivity index (χ3v) is 4.98. The molecule has 0 saturated heterocycles. The molecule has 0 atom stereocenters. The van der Waals surface area contributed by atoms with E-state index < -0.39 is 0 Å². The zero-order valence-electron chi connectivity index (χ0n) is 17.0. The number of aromatic nitrogens is 2. The molecule has 2 N–H and O–H groups in total. The summed E-state index contributed by atoms with van der Waals surface area (Å²) in [5.41, 5.74) is 11.9. The SMILES string of the molecule is COc1ccc(-c2nc(N)nc(-c3ccc(OC)cc3)c2Cc2ccccc2)cc1. The highest BCUT2D eigenvalue weighted by Gasteiger charge is 2.17. The molecule has 5 nitrogen and oxygen atoms in total. The van der Waals surface area contributed by atoms with Crippen LogP contribution in [0.1, 0.15) is 11.1 Å². The fourth-order valence-corrected chi connectivity index (χ4v) is 3.44. The molecule has 0 fully saturated rings. The number of hydrogen-bond donors (Lipinski definition) is 1. The number of ether oxygens (including phenoxy) is 2. The van der Waals surface area contributed by atoms with Gasteiger partial charge in [-0.15, -0.1) is 0 Å². The normalized spacial score (nSPS) is 10.6. The van der Waals surface area contributed by atoms with Gasteiger partial charge < -0.3 is 15.2 Å². The van der Waals surface area contributed by atoms with Gasteiger partial charge >= 0.3 is 0 Å². The van der Waals surface area contributed by atoms with E-state index in [1.165, 1.54) is 5.56 Å². The van der Waals surface area contributed by atoms with Crippen molar-refractivity contribution in [3.05, 3.63) is 90.0 Å². The fourth-order valence-electron chi connectivity index (χ4n) is 3.44. The molecule has 3 aromatic carbocycles. The number of nitrogens with two attached hydrogens (primary N) is 1. The Labute approximate surface area is 176 Å². The Balaban J connectivity index is 1.90. The summed E-state index contributed by atoms with van der Waals surface area (Å²) in [7, 11) is 3.31. The zero-order chi connectivity index (χ0) is 20.9. The molecule has 0 amide bonds. The zero-order valence-corrected chi connectivity index (χ0v) is 17.0. The molecule has 150 valence electrons. The second-order valence-electron chi connectivity index (χ2n) is 6.88. The Kier molecular flexibility index (Phi) is 5.61. The highest BCUT2D eigenvalue weighted by Crippen LogP contribution is 2.33. The molecule has 4 rings (SSSR count). The van der Waals surface area contributed by atoms with Crippen molar-refractivity contribution in [2.45, 2.75) is 6.42 Å². The molecule has 4 aromatic rings. The molecule has 0 aliphatic carbocycles. The number of anilines is 1. The van der Waals surface area contributed by atoms with Crippen molar-refractivity contribution in [1.29, 1.82) is 0 Å². The number of rotatable bonds is 6. The topological polar surface area (TPSA) is 70.3 Å². The highest BCUT2D eigenvalue weighted by atomic mass is 16.5. The third kappa shape index (κ3) is 4.10. The summed E-state index contributed by atoms with van der Waals surface area (Å²) in [6.45, 7) is 0. The van der Waals surface area contributed by atoms with E-state index in [-0.39, 0.29) is 5.95 Å². The van der Waals surface area contributed by atoms with Crippen LogP contribution in [0.5, 0.6) is 11.5 Å². The summed E-state index contributed by atoms with van der Waals surface area (Å²) in [5, 5.41) is 0. The Hall–Kier alpha value is -3.86. The van der Waals surface area contributed by atoms with Crippen LogP contribution in [0.3, 0.4) is 0 Å². The first-order valence-corrected chi connectivity index (χ1v) is 9.67. The smallest absolute Gasteiger partial charge is 0.221 e. The fraction of sp³-hybridized carbons (Fsp3) is 0.120. The van der Waals surface area contributed by atoms with E-state index in [4.69, 9.17) is 15.2 Å². The molecule has 0 aliphatic rings. The van der Waals surface area contributed by atoms with Crippen LogP contribution >= 0.6 is 0 Å². The third-order valence-electron chi connectivity index (χ3n) is 4.98. The average Bonchev–Trinajstić information content (AvgIpc) is 2.81. The van der Waals surface area contributed by atoms with Gasteiger partial charge in [0.2, 0.25) is 5.95 Å². The molecule has 0 aliphatic heterocycles. The number of benzene rings is 3. The van der Waals surface area contributed by atoms with Gasteiger partial charge in [-0.1, -0.05) is 30.3 Å². The molecule has 5 heteroatoms. The van der Waals surface area contributed by atoms with Gasteiger partial charge in [0.25, 0.3) is 0 Å². The van der Waals surface area contributed by atoms with Crippen molar-refractivity contribution >= 4 is 5.95 Å². The summed E-state index contributed by atoms with van der Waals surface area (Å²) in [5.74, 6) is 1.82. The first kappa shape index (κ1) is 19.5. The van der Waals surface area contributed by atoms with Crippen LogP contribution in [0.15, 0.2) is 78.9 Å². The molecule has 0 unspecified atom stereocenters. The molecular formula is C25H23N3O2. The maximum atomic E-state index is 6.14. The van der Waals surface area contributed by atoms with Crippen LogP contribution < -0.4 is 15.2 Å². The van der Waals surface area contributed by atoms with E-state index in [1.807, 2.05) is 66.7 Å². The van der Waals surface area contributed by atoms with Crippen molar-refractivity contribution in [1.82, 2.24) is 9.97 Å². The predicted octanol–water partition coefficient (Wildman–Crippen LogP) is 5.00. The molecule has 1 aromatic heterocycles. The number of methoxy groups -OCH3 is 2. The monoisotopic (exact) mass is 397 g/mol. The van der Waals surface area contributed by atoms with E-state index in [1.54, 1.807) is 14.2 Å². The number of hydrogen-bond acceptors (Lipinski definition) is 5. The van der Waals surface area contributed by atoms with E-state index in [0.717, 1.165) is 39.6 Å². The molecule has 0 radical (unpaired) electrons. The maximum absolute atomic E-state index is 6.14. The first-order valence-electron chi connectivity index (χ1n) is 9.67. The van der Waals surface area contributed by atoms with Gasteiger partial charge in [-0.2, -0.15) is 0 Å². The van der Waals surface area contributed by atoms with Crippen LogP contribution in [-0.4, -0.2) is 24.2 Å². The summed E-state index contributed by atoms with van der Waals surface area (Å²) < 4.78 is 10.6. The molecule has 0 saturated carbocycles. The van der Waals surface area contributed by atoms with Crippen LogP contribution in [-0.2, 0) is 6.42 Å². The van der Waals surface area contributed by atoms with Gasteiger partial charge in [-0.3, -0.25) is 0 Å². The van der Waals surface area contributed by atoms with Crippen molar-refractivity contribution in [2.24, 2.45) is 0 Å². The molecule has 0 spiro atoms. The minimum Gasteiger partial charge on any atom is -0.497 e. The Morgan fingerprint density at radius 2 is 1.13 bits per heavy atom. The van der Waals surface area contributed by atoms with Gasteiger partial charge in [0, 0.05) is 23.1 Å². The van der Waals surface area contributed by atoms with Gasteiger partial charge in [0.05, 0.1) is 25.6 Å². The second kappa shape index (κ2) is 8.66. The minimum absolute atomic E-state index is 0.239. The van der Waals surface area contributed by atoms with Gasteiger partial charge in [0.15, 0.2) is 0 Å². The van der Waals surface area contributed by atoms with E-state index in [2.05, 4.69) is 22.1 Å². The van der Waals surface area contributed by atoms with Crippen LogP contribution in [0.25, 0.3) is 22.5 Å². The average molecular weight is 397 g/mol. The number of nitrogen functional groups attached to an aromatic ring is 1. The molecular weight excluding hydrogens is 374 g/mol. The lowest BCUT2D eigenvalue weighted by molar-refractivity contribution is 0.415. The van der Waals surface area contributed by atoms with E-state index in [9.17, 15) is 0 Å². The summed E-state index contributed by atoms with van der Waals surface area (Å²) >= 11 is 0. The maximum Gasteiger partial charge on any atom is 0.221 e. The first-order chi connectivity index (χ1) is 14.7. The van der Waals surface area contributed by atoms with Crippen LogP contribution in [0.2, 0.25) is 0 Å². The lowest BCUT2D eigenvalue weighted by Gasteiger charge is -2.16. The summed E-state index contributed by atoms with van der Waals surface area (Å²) in [6, 6.07) is 26.0. The standard InChI is InChI=1S/C25H23N3O2/c1-29-20-12-8-18(9-13-20)23-22(16-17-6-4-3-5-7-17)24(28-25(26)27-23)19-10-14-21(30-2)15-11-19/h3-15H,16H2,1-2H3,(H2,26,27,28). The van der Waals surface area contributed by atoms with Gasteiger partial charge in [-0.05, 0) is 54.1 Å². The lowest BCUT2D eigenvalue weighted by atomic mass is 9.95. The summed E-state index contributed by atoms with van der Waals surface area (Å²) in [6.07, 6.45) is 0.684. The Bertz CT molecular complexity index is 1060. The van der Waals surface area contributed by atoms with Gasteiger partial charge in [0.1, 0.15) is 11.5 Å². The second-order valence-corrected chi connectivity index (χ2v) is 6.88. The number of nitrogens with zero attached hydrogens (tertiary/aromatic N) is 2. The molecule has 0 bridgehead atoms. The van der Waals surface area contributed by atoms with Crippen molar-refractivity contribution in [3.8, 4) is 34.0 Å².